The molecule has 2 atom stereocenters. The number of ketones is 1. The predicted octanol–water partition coefficient (Wildman–Crippen LogP) is 6.41. The molecule has 0 saturated heterocycles. The monoisotopic (exact) mass is 514 g/mol. The van der Waals surface area contributed by atoms with Gasteiger partial charge in [-0.3, -0.25) is 19.3 Å². The molecule has 1 heterocycles. The van der Waals surface area contributed by atoms with Gasteiger partial charge in [-0.05, 0) is 54.7 Å². The molecule has 3 aromatic carbocycles. The molecule has 0 bridgehead atoms. The van der Waals surface area contributed by atoms with Gasteiger partial charge in [-0.15, -0.1) is 0 Å². The number of aliphatic carboxylic acids is 1. The van der Waals surface area contributed by atoms with Crippen molar-refractivity contribution in [2.45, 2.75) is 44.6 Å². The molecule has 0 saturated carbocycles. The number of halogens is 1. The van der Waals surface area contributed by atoms with Crippen LogP contribution in [0.2, 0.25) is 5.02 Å². The Bertz CT molecular complexity index is 1410. The summed E-state index contributed by atoms with van der Waals surface area (Å²) in [5.41, 5.74) is 5.53. The van der Waals surface area contributed by atoms with Crippen molar-refractivity contribution in [1.82, 2.24) is 0 Å². The Kier molecular flexibility index (Phi) is 6.85. The number of hydrogen-bond acceptors (Lipinski definition) is 4. The number of carboxylic acid groups (broad SMARTS) is 1. The smallest absolute Gasteiger partial charge is 0.303 e. The first-order valence-electron chi connectivity index (χ1n) is 12.3. The number of allylic oxidation sites excluding steroid dienone is 1. The second-order valence-electron chi connectivity index (χ2n) is 9.59. The van der Waals surface area contributed by atoms with Crippen molar-refractivity contribution in [2.24, 2.45) is 0 Å². The molecule has 2 N–H and O–H groups in total. The Morgan fingerprint density at radius 1 is 0.973 bits per heavy atom. The molecule has 0 spiro atoms. The molecule has 0 aromatic heterocycles. The second kappa shape index (κ2) is 10.2. The number of Topliss-reactive ketones (excluding diaryl/α,β-unsaturated/α-hetero) is 1. The maximum atomic E-state index is 13.9. The molecule has 1 aliphatic heterocycles. The number of rotatable bonds is 5. The third kappa shape index (κ3) is 5.02. The van der Waals surface area contributed by atoms with E-state index in [0.717, 1.165) is 16.8 Å². The van der Waals surface area contributed by atoms with Gasteiger partial charge in [0.2, 0.25) is 5.91 Å². The zero-order valence-electron chi connectivity index (χ0n) is 20.4. The van der Waals surface area contributed by atoms with Crippen LogP contribution in [0, 0.1) is 6.92 Å². The van der Waals surface area contributed by atoms with Gasteiger partial charge in [-0.25, -0.2) is 0 Å². The minimum Gasteiger partial charge on any atom is -0.481 e. The van der Waals surface area contributed by atoms with Crippen LogP contribution in [0.15, 0.2) is 84.1 Å². The van der Waals surface area contributed by atoms with E-state index in [1.807, 2.05) is 37.3 Å². The number of benzene rings is 3. The second-order valence-corrected chi connectivity index (χ2v) is 10.0. The minimum atomic E-state index is -1.05. The number of hydrogen-bond donors (Lipinski definition) is 2. The minimum absolute atomic E-state index is 0.000727. The van der Waals surface area contributed by atoms with Gasteiger partial charge >= 0.3 is 5.97 Å². The van der Waals surface area contributed by atoms with Crippen molar-refractivity contribution in [3.8, 4) is 0 Å². The molecule has 0 unspecified atom stereocenters. The predicted molar refractivity (Wildman–Crippen MR) is 144 cm³/mol. The Labute approximate surface area is 220 Å². The maximum Gasteiger partial charge on any atom is 0.303 e. The normalized spacial score (nSPS) is 19.0. The van der Waals surface area contributed by atoms with Crippen LogP contribution in [-0.2, 0) is 14.4 Å². The molecule has 6 nitrogen and oxygen atoms in total. The number of anilines is 2. The van der Waals surface area contributed by atoms with Gasteiger partial charge in [-0.1, -0.05) is 65.7 Å². The first-order valence-corrected chi connectivity index (χ1v) is 12.7. The van der Waals surface area contributed by atoms with E-state index < -0.39 is 12.0 Å². The quantitative estimate of drug-likeness (QED) is 0.410. The maximum absolute atomic E-state index is 13.9. The molecule has 0 radical (unpaired) electrons. The third-order valence-electron chi connectivity index (χ3n) is 7.02. The highest BCUT2D eigenvalue weighted by molar-refractivity contribution is 6.30. The summed E-state index contributed by atoms with van der Waals surface area (Å²) < 4.78 is 0. The molecule has 3 aromatic rings. The van der Waals surface area contributed by atoms with Crippen LogP contribution in [0.4, 0.5) is 11.4 Å². The number of aryl methyl sites for hydroxylation is 1. The first-order chi connectivity index (χ1) is 17.8. The summed E-state index contributed by atoms with van der Waals surface area (Å²) >= 11 is 6.36. The van der Waals surface area contributed by atoms with E-state index in [2.05, 4.69) is 29.6 Å². The molecule has 1 amide bonds. The molecule has 1 aliphatic carbocycles. The zero-order valence-corrected chi connectivity index (χ0v) is 21.2. The molecule has 2 aliphatic rings. The number of nitrogens with one attached hydrogen (secondary N) is 1. The first kappa shape index (κ1) is 24.8. The number of carboxylic acids is 1. The summed E-state index contributed by atoms with van der Waals surface area (Å²) in [6, 6.07) is 22.1. The number of carbonyl (C=O) groups is 3. The fourth-order valence-corrected chi connectivity index (χ4v) is 5.46. The van der Waals surface area contributed by atoms with Crippen molar-refractivity contribution in [1.29, 1.82) is 0 Å². The fourth-order valence-electron chi connectivity index (χ4n) is 5.27. The number of nitrogens with zero attached hydrogens (tertiary/aromatic N) is 1. The van der Waals surface area contributed by atoms with Crippen LogP contribution in [0.1, 0.15) is 54.3 Å². The molecular weight excluding hydrogens is 488 g/mol. The van der Waals surface area contributed by atoms with Gasteiger partial charge < -0.3 is 10.4 Å². The lowest BCUT2D eigenvalue weighted by Gasteiger charge is -2.35. The van der Waals surface area contributed by atoms with Crippen LogP contribution < -0.4 is 10.2 Å². The van der Waals surface area contributed by atoms with E-state index in [1.165, 1.54) is 0 Å². The van der Waals surface area contributed by atoms with E-state index in [4.69, 9.17) is 11.6 Å². The van der Waals surface area contributed by atoms with Crippen LogP contribution >= 0.6 is 11.6 Å². The van der Waals surface area contributed by atoms with Gasteiger partial charge in [0, 0.05) is 29.1 Å². The molecule has 0 fully saturated rings. The van der Waals surface area contributed by atoms with E-state index in [-0.39, 0.29) is 30.4 Å². The molecule has 7 heteroatoms. The van der Waals surface area contributed by atoms with E-state index in [0.29, 0.717) is 40.4 Å². The van der Waals surface area contributed by atoms with E-state index in [9.17, 15) is 19.5 Å². The van der Waals surface area contributed by atoms with Crippen LogP contribution in [0.25, 0.3) is 0 Å². The van der Waals surface area contributed by atoms with Crippen molar-refractivity contribution in [3.63, 3.8) is 0 Å². The average Bonchev–Trinajstić information content (AvgIpc) is 3.02. The Balaban J connectivity index is 1.68. The lowest BCUT2D eigenvalue weighted by Crippen LogP contribution is -2.38. The molecule has 188 valence electrons. The van der Waals surface area contributed by atoms with Crippen molar-refractivity contribution >= 4 is 40.6 Å². The number of para-hydroxylation sites is 2. The van der Waals surface area contributed by atoms with Crippen LogP contribution in [0.5, 0.6) is 0 Å². The molecule has 37 heavy (non-hydrogen) atoms. The van der Waals surface area contributed by atoms with Crippen molar-refractivity contribution in [2.75, 3.05) is 10.2 Å². The van der Waals surface area contributed by atoms with Gasteiger partial charge in [0.25, 0.3) is 0 Å². The van der Waals surface area contributed by atoms with Crippen molar-refractivity contribution < 1.29 is 19.5 Å². The average molecular weight is 515 g/mol. The topological polar surface area (TPSA) is 86.7 Å². The third-order valence-corrected chi connectivity index (χ3v) is 7.26. The summed E-state index contributed by atoms with van der Waals surface area (Å²) in [4.78, 5) is 40.5. The van der Waals surface area contributed by atoms with Gasteiger partial charge in [-0.2, -0.15) is 0 Å². The molecular formula is C30H27ClN2O4. The van der Waals surface area contributed by atoms with Gasteiger partial charge in [0.1, 0.15) is 0 Å². The standard InChI is InChI=1S/C30H27ClN2O4/c1-18-9-11-19(12-10-18)21-16-24-29(26(34)17-21)30(20-5-4-6-22(31)15-20)33(27(35)13-14-28(36)37)25-8-3-2-7-23(25)32-24/h2-12,15,21,30,32H,13-14,16-17H2,1H3,(H,36,37)/t21-,30+/m1/s1. The fraction of sp³-hybridized carbons (Fsp3) is 0.233. The SMILES string of the molecule is Cc1ccc([C@H]2CC(=O)C3=C(C2)Nc2ccccc2N(C(=O)CCC(=O)O)[C@H]3c2cccc(Cl)c2)cc1. The lowest BCUT2D eigenvalue weighted by atomic mass is 9.78. The summed E-state index contributed by atoms with van der Waals surface area (Å²) in [6.45, 7) is 2.03. The summed E-state index contributed by atoms with van der Waals surface area (Å²) in [7, 11) is 0. The number of amides is 1. The highest BCUT2D eigenvalue weighted by Crippen LogP contribution is 2.47. The Morgan fingerprint density at radius 3 is 2.46 bits per heavy atom. The lowest BCUT2D eigenvalue weighted by molar-refractivity contribution is -0.138. The highest BCUT2D eigenvalue weighted by atomic mass is 35.5. The zero-order chi connectivity index (χ0) is 26.1. The van der Waals surface area contributed by atoms with Gasteiger partial charge in [0.15, 0.2) is 5.78 Å². The summed E-state index contributed by atoms with van der Waals surface area (Å²) in [5.74, 6) is -1.47. The highest BCUT2D eigenvalue weighted by Gasteiger charge is 2.41. The largest absolute Gasteiger partial charge is 0.481 e. The Hall–Kier alpha value is -3.90. The van der Waals surface area contributed by atoms with Crippen LogP contribution in [0.3, 0.4) is 0 Å². The van der Waals surface area contributed by atoms with E-state index in [1.54, 1.807) is 23.1 Å². The van der Waals surface area contributed by atoms with E-state index >= 15 is 0 Å². The molecule has 5 rings (SSSR count). The number of carbonyl (C=O) groups excluding carboxylic acids is 2. The number of fused-ring (bicyclic) bond motifs is 1. The van der Waals surface area contributed by atoms with Crippen LogP contribution in [-0.4, -0.2) is 22.8 Å². The van der Waals surface area contributed by atoms with Crippen molar-refractivity contribution in [3.05, 3.63) is 106 Å². The Morgan fingerprint density at radius 2 is 1.73 bits per heavy atom. The summed E-state index contributed by atoms with van der Waals surface area (Å²) in [6.07, 6.45) is 0.424. The van der Waals surface area contributed by atoms with Gasteiger partial charge in [0.05, 0.1) is 23.8 Å². The summed E-state index contributed by atoms with van der Waals surface area (Å²) in [5, 5.41) is 13.2.